The van der Waals surface area contributed by atoms with Gasteiger partial charge in [-0.25, -0.2) is 4.99 Å². The molecule has 0 unspecified atom stereocenters. The lowest BCUT2D eigenvalue weighted by atomic mass is 10.2. The van der Waals surface area contributed by atoms with Crippen LogP contribution >= 0.6 is 0 Å². The summed E-state index contributed by atoms with van der Waals surface area (Å²) in [6.45, 7) is 8.34. The molecule has 0 aliphatic rings. The third-order valence-electron chi connectivity index (χ3n) is 2.81. The molecule has 0 bridgehead atoms. The van der Waals surface area contributed by atoms with Gasteiger partial charge in [0.05, 0.1) is 20.3 Å². The Bertz CT molecular complexity index is 459. The van der Waals surface area contributed by atoms with E-state index in [4.69, 9.17) is 15.2 Å². The molecule has 1 rings (SSSR count). The topological polar surface area (TPSA) is 68.9 Å². The number of hydrogen-bond donors (Lipinski definition) is 2. The van der Waals surface area contributed by atoms with Gasteiger partial charge in [-0.1, -0.05) is 26.8 Å². The van der Waals surface area contributed by atoms with Gasteiger partial charge in [0.1, 0.15) is 0 Å². The van der Waals surface area contributed by atoms with Crippen LogP contribution in [0.5, 0.6) is 11.5 Å². The van der Waals surface area contributed by atoms with Gasteiger partial charge in [-0.3, -0.25) is 0 Å². The van der Waals surface area contributed by atoms with Gasteiger partial charge < -0.3 is 20.5 Å². The minimum atomic E-state index is 0.467. The molecule has 5 nitrogen and oxygen atoms in total. The predicted octanol–water partition coefficient (Wildman–Crippen LogP) is 2.54. The largest absolute Gasteiger partial charge is 0.493 e. The van der Waals surface area contributed by atoms with E-state index in [2.05, 4.69) is 31.1 Å². The molecule has 3 N–H and O–H groups in total. The highest BCUT2D eigenvalue weighted by atomic mass is 16.5. The summed E-state index contributed by atoms with van der Waals surface area (Å²) in [5.41, 5.74) is 6.85. The summed E-state index contributed by atoms with van der Waals surface area (Å²) in [6.07, 6.45) is 0.966. The summed E-state index contributed by atoms with van der Waals surface area (Å²) in [5.74, 6) is 2.49. The Kier molecular flexibility index (Phi) is 7.43. The van der Waals surface area contributed by atoms with E-state index < -0.39 is 0 Å². The first-order valence-corrected chi connectivity index (χ1v) is 7.40. The average molecular weight is 293 g/mol. The Hall–Kier alpha value is -1.91. The van der Waals surface area contributed by atoms with Crippen LogP contribution in [0, 0.1) is 5.92 Å². The van der Waals surface area contributed by atoms with Gasteiger partial charge in [0.25, 0.3) is 0 Å². The van der Waals surface area contributed by atoms with E-state index in [1.54, 1.807) is 7.11 Å². The zero-order valence-electron chi connectivity index (χ0n) is 13.5. The van der Waals surface area contributed by atoms with Gasteiger partial charge in [-0.2, -0.15) is 0 Å². The molecular weight excluding hydrogens is 266 g/mol. The number of aliphatic imine (C=N–C) groups is 1. The first-order chi connectivity index (χ1) is 10.1. The Morgan fingerprint density at radius 3 is 2.71 bits per heavy atom. The van der Waals surface area contributed by atoms with Gasteiger partial charge in [-0.15, -0.1) is 0 Å². The van der Waals surface area contributed by atoms with E-state index in [1.165, 1.54) is 0 Å². The van der Waals surface area contributed by atoms with Crippen molar-refractivity contribution in [3.63, 3.8) is 0 Å². The minimum Gasteiger partial charge on any atom is -0.493 e. The van der Waals surface area contributed by atoms with Gasteiger partial charge >= 0.3 is 0 Å². The van der Waals surface area contributed by atoms with E-state index in [0.29, 0.717) is 25.0 Å². The van der Waals surface area contributed by atoms with Crippen LogP contribution in [0.1, 0.15) is 32.8 Å². The molecule has 0 saturated heterocycles. The maximum atomic E-state index is 5.82. The maximum Gasteiger partial charge on any atom is 0.188 e. The molecule has 0 aromatic heterocycles. The van der Waals surface area contributed by atoms with Crippen LogP contribution in [-0.2, 0) is 6.54 Å². The molecule has 5 heteroatoms. The van der Waals surface area contributed by atoms with Crippen molar-refractivity contribution >= 4 is 5.96 Å². The van der Waals surface area contributed by atoms with Crippen molar-refractivity contribution in [3.8, 4) is 11.5 Å². The summed E-state index contributed by atoms with van der Waals surface area (Å²) in [6, 6.07) is 5.83. The first kappa shape index (κ1) is 17.1. The van der Waals surface area contributed by atoms with Crippen LogP contribution in [0.15, 0.2) is 23.2 Å². The Morgan fingerprint density at radius 2 is 2.10 bits per heavy atom. The van der Waals surface area contributed by atoms with Crippen molar-refractivity contribution < 1.29 is 9.47 Å². The number of guanidine groups is 1. The lowest BCUT2D eigenvalue weighted by molar-refractivity contribution is 0.294. The number of nitrogens with zero attached hydrogens (tertiary/aromatic N) is 1. The van der Waals surface area contributed by atoms with Crippen LogP contribution in [0.4, 0.5) is 0 Å². The van der Waals surface area contributed by atoms with Crippen LogP contribution in [0.3, 0.4) is 0 Å². The van der Waals surface area contributed by atoms with Crippen LogP contribution in [0.2, 0.25) is 0 Å². The Morgan fingerprint density at radius 1 is 1.33 bits per heavy atom. The Labute approximate surface area is 127 Å². The number of nitrogens with two attached hydrogens (primary N) is 1. The van der Waals surface area contributed by atoms with Gasteiger partial charge in [0, 0.05) is 6.54 Å². The van der Waals surface area contributed by atoms with Crippen molar-refractivity contribution in [2.75, 3.05) is 20.3 Å². The monoisotopic (exact) mass is 293 g/mol. The molecule has 0 heterocycles. The second-order valence-electron chi connectivity index (χ2n) is 5.31. The molecule has 0 aliphatic carbocycles. The van der Waals surface area contributed by atoms with Crippen molar-refractivity contribution in [3.05, 3.63) is 23.8 Å². The lowest BCUT2D eigenvalue weighted by Crippen LogP contribution is -2.34. The number of ether oxygens (including phenoxy) is 2. The Balaban J connectivity index is 2.65. The number of benzene rings is 1. The highest BCUT2D eigenvalue weighted by Gasteiger charge is 2.05. The highest BCUT2D eigenvalue weighted by Crippen LogP contribution is 2.28. The van der Waals surface area contributed by atoms with Gasteiger partial charge in [0.15, 0.2) is 17.5 Å². The van der Waals surface area contributed by atoms with E-state index in [1.807, 2.05) is 18.2 Å². The number of methoxy groups -OCH3 is 1. The third kappa shape index (κ3) is 6.38. The molecule has 1 aromatic carbocycles. The summed E-state index contributed by atoms with van der Waals surface area (Å²) >= 11 is 0. The first-order valence-electron chi connectivity index (χ1n) is 7.40. The number of hydrogen-bond acceptors (Lipinski definition) is 3. The summed E-state index contributed by atoms with van der Waals surface area (Å²) < 4.78 is 11.0. The average Bonchev–Trinajstić information content (AvgIpc) is 2.49. The summed E-state index contributed by atoms with van der Waals surface area (Å²) in [4.78, 5) is 4.32. The van der Waals surface area contributed by atoms with Gasteiger partial charge in [0.2, 0.25) is 0 Å². The smallest absolute Gasteiger partial charge is 0.188 e. The lowest BCUT2D eigenvalue weighted by Gasteiger charge is -2.11. The minimum absolute atomic E-state index is 0.467. The summed E-state index contributed by atoms with van der Waals surface area (Å²) in [7, 11) is 1.64. The van der Waals surface area contributed by atoms with Crippen molar-refractivity contribution in [2.24, 2.45) is 16.6 Å². The van der Waals surface area contributed by atoms with Gasteiger partial charge in [-0.05, 0) is 30.0 Å². The fraction of sp³-hybridized carbons (Fsp3) is 0.562. The summed E-state index contributed by atoms with van der Waals surface area (Å²) in [5, 5.41) is 3.09. The molecule has 0 fully saturated rings. The second-order valence-corrected chi connectivity index (χ2v) is 5.31. The third-order valence-corrected chi connectivity index (χ3v) is 2.81. The van der Waals surface area contributed by atoms with E-state index in [9.17, 15) is 0 Å². The van der Waals surface area contributed by atoms with Crippen LogP contribution in [-0.4, -0.2) is 26.2 Å². The fourth-order valence-corrected chi connectivity index (χ4v) is 1.68. The van der Waals surface area contributed by atoms with E-state index in [0.717, 1.165) is 30.0 Å². The van der Waals surface area contributed by atoms with Crippen molar-refractivity contribution in [1.82, 2.24) is 5.32 Å². The zero-order valence-corrected chi connectivity index (χ0v) is 13.5. The zero-order chi connectivity index (χ0) is 15.7. The second kappa shape index (κ2) is 9.10. The molecule has 0 aliphatic heterocycles. The quantitative estimate of drug-likeness (QED) is 0.571. The maximum absolute atomic E-state index is 5.82. The predicted molar refractivity (Wildman–Crippen MR) is 86.9 cm³/mol. The molecule has 0 spiro atoms. The molecule has 1 aromatic rings. The number of rotatable bonds is 8. The molecule has 21 heavy (non-hydrogen) atoms. The number of nitrogens with one attached hydrogen (secondary N) is 1. The van der Waals surface area contributed by atoms with Crippen molar-refractivity contribution in [1.29, 1.82) is 0 Å². The van der Waals surface area contributed by atoms with Crippen LogP contribution in [0.25, 0.3) is 0 Å². The SMILES string of the molecule is CCCOc1ccc(CN=C(N)NCC(C)C)cc1OC. The standard InChI is InChI=1S/C16H27N3O2/c1-5-8-21-14-7-6-13(9-15(14)20-4)11-19-16(17)18-10-12(2)3/h6-7,9,12H,5,8,10-11H2,1-4H3,(H3,17,18,19). The molecule has 0 amide bonds. The van der Waals surface area contributed by atoms with Crippen LogP contribution < -0.4 is 20.5 Å². The normalized spacial score (nSPS) is 11.6. The molecule has 0 atom stereocenters. The highest BCUT2D eigenvalue weighted by molar-refractivity contribution is 5.77. The molecule has 0 radical (unpaired) electrons. The molecule has 118 valence electrons. The van der Waals surface area contributed by atoms with E-state index >= 15 is 0 Å². The molecular formula is C16H27N3O2. The van der Waals surface area contributed by atoms with Crippen molar-refractivity contribution in [2.45, 2.75) is 33.7 Å². The molecule has 0 saturated carbocycles. The van der Waals surface area contributed by atoms with E-state index in [-0.39, 0.29) is 0 Å². The fourth-order valence-electron chi connectivity index (χ4n) is 1.68.